The summed E-state index contributed by atoms with van der Waals surface area (Å²) in [7, 11) is 1.61. The molecule has 3 N–H and O–H groups in total. The maximum Gasteiger partial charge on any atom is 0.0949 e. The van der Waals surface area contributed by atoms with Gasteiger partial charge in [-0.25, -0.2) is 0 Å². The topological polar surface area (TPSA) is 67.8 Å². The molecule has 2 unspecified atom stereocenters. The number of hydrogen-bond acceptors (Lipinski definition) is 3. The van der Waals surface area contributed by atoms with Crippen molar-refractivity contribution in [3.8, 4) is 0 Å². The van der Waals surface area contributed by atoms with Crippen LogP contribution in [0.1, 0.15) is 41.0 Å². The lowest BCUT2D eigenvalue weighted by molar-refractivity contribution is 0.289. The van der Waals surface area contributed by atoms with Gasteiger partial charge in [0.25, 0.3) is 0 Å². The summed E-state index contributed by atoms with van der Waals surface area (Å²) in [4.78, 5) is 4.17. The Morgan fingerprint density at radius 2 is 1.95 bits per heavy atom. The monoisotopic (exact) mass is 282 g/mol. The van der Waals surface area contributed by atoms with Gasteiger partial charge in [0, 0.05) is 5.92 Å². The van der Waals surface area contributed by atoms with Gasteiger partial charge < -0.3 is 15.6 Å². The van der Waals surface area contributed by atoms with E-state index in [0.29, 0.717) is 12.2 Å². The summed E-state index contributed by atoms with van der Waals surface area (Å²) >= 11 is 0. The van der Waals surface area contributed by atoms with E-state index in [0.717, 1.165) is 5.76 Å². The predicted molar refractivity (Wildman–Crippen MR) is 87.9 cm³/mol. The zero-order valence-electron chi connectivity index (χ0n) is 13.6. The van der Waals surface area contributed by atoms with Crippen molar-refractivity contribution in [3.05, 3.63) is 35.8 Å². The van der Waals surface area contributed by atoms with Crippen molar-refractivity contribution in [1.82, 2.24) is 0 Å². The molecule has 0 aliphatic carbocycles. The molecule has 0 aromatic heterocycles. The smallest absolute Gasteiger partial charge is 0.0949 e. The van der Waals surface area contributed by atoms with Gasteiger partial charge in [0.1, 0.15) is 0 Å². The minimum absolute atomic E-state index is 0.0605. The van der Waals surface area contributed by atoms with Gasteiger partial charge in [-0.1, -0.05) is 26.0 Å². The minimum atomic E-state index is -0.113. The maximum absolute atomic E-state index is 9.83. The number of ether oxygens (including phenoxy) is 1. The Balaban J connectivity index is 0. The highest BCUT2D eigenvalue weighted by Crippen LogP contribution is 2.20. The van der Waals surface area contributed by atoms with Crippen LogP contribution in [0, 0.1) is 5.92 Å². The Morgan fingerprint density at radius 1 is 1.35 bits per heavy atom. The van der Waals surface area contributed by atoms with E-state index in [9.17, 15) is 5.11 Å². The highest BCUT2D eigenvalue weighted by Gasteiger charge is 2.15. The Kier molecular flexibility index (Phi) is 14.1. The van der Waals surface area contributed by atoms with Crippen LogP contribution >= 0.6 is 0 Å². The number of nitrogens with two attached hydrogens (primary N) is 1. The highest BCUT2D eigenvalue weighted by molar-refractivity contribution is 5.51. The number of aliphatic hydroxyl groups is 1. The maximum atomic E-state index is 9.83. The number of aliphatic imine (C=N–C) groups is 1. The van der Waals surface area contributed by atoms with Crippen LogP contribution in [-0.2, 0) is 4.74 Å². The average Bonchev–Trinajstić information content (AvgIpc) is 2.48. The summed E-state index contributed by atoms with van der Waals surface area (Å²) in [5.41, 5.74) is 5.35. The molecular formula is C16H30N2O2. The molecule has 0 aliphatic heterocycles. The summed E-state index contributed by atoms with van der Waals surface area (Å²) in [6, 6.07) is -0.113. The summed E-state index contributed by atoms with van der Waals surface area (Å²) in [5.74, 6) is 1.06. The Morgan fingerprint density at radius 3 is 2.35 bits per heavy atom. The second-order valence-corrected chi connectivity index (χ2v) is 3.93. The third-order valence-corrected chi connectivity index (χ3v) is 2.62. The molecule has 0 aliphatic rings. The highest BCUT2D eigenvalue weighted by atomic mass is 16.5. The molecule has 4 heteroatoms. The van der Waals surface area contributed by atoms with Gasteiger partial charge in [-0.2, -0.15) is 0 Å². The lowest BCUT2D eigenvalue weighted by Gasteiger charge is -2.16. The van der Waals surface area contributed by atoms with Gasteiger partial charge in [-0.05, 0) is 39.3 Å². The number of rotatable bonds is 7. The predicted octanol–water partition coefficient (Wildman–Crippen LogP) is 3.96. The average molecular weight is 282 g/mol. The molecule has 0 aromatic carbocycles. The van der Waals surface area contributed by atoms with Crippen molar-refractivity contribution >= 4 is 6.34 Å². The summed E-state index contributed by atoms with van der Waals surface area (Å²) in [6.07, 6.45) is 9.38. The quantitative estimate of drug-likeness (QED) is 0.321. The van der Waals surface area contributed by atoms with E-state index in [1.807, 2.05) is 52.8 Å². The molecule has 20 heavy (non-hydrogen) atoms. The van der Waals surface area contributed by atoms with Crippen molar-refractivity contribution in [2.75, 3.05) is 7.11 Å². The molecule has 4 nitrogen and oxygen atoms in total. The number of hydrogen-bond donors (Lipinski definition) is 2. The molecule has 0 bridgehead atoms. The van der Waals surface area contributed by atoms with Crippen LogP contribution in [0.5, 0.6) is 0 Å². The Labute approximate surface area is 123 Å². The molecule has 0 spiro atoms. The van der Waals surface area contributed by atoms with E-state index in [-0.39, 0.29) is 12.0 Å². The van der Waals surface area contributed by atoms with E-state index >= 15 is 0 Å². The summed E-state index contributed by atoms with van der Waals surface area (Å²) < 4.78 is 5.11. The van der Waals surface area contributed by atoms with Gasteiger partial charge >= 0.3 is 0 Å². The van der Waals surface area contributed by atoms with Crippen LogP contribution in [0.3, 0.4) is 0 Å². The minimum Gasteiger partial charge on any atom is -0.512 e. The van der Waals surface area contributed by atoms with Crippen LogP contribution < -0.4 is 5.73 Å². The fourth-order valence-corrected chi connectivity index (χ4v) is 1.63. The first-order valence-electron chi connectivity index (χ1n) is 7.02. The number of allylic oxidation sites excluding steroid dienone is 4. The lowest BCUT2D eigenvalue weighted by Crippen LogP contribution is -2.13. The fourth-order valence-electron chi connectivity index (χ4n) is 1.63. The molecule has 0 fully saturated rings. The van der Waals surface area contributed by atoms with E-state index in [4.69, 9.17) is 10.5 Å². The van der Waals surface area contributed by atoms with Crippen molar-refractivity contribution < 1.29 is 9.84 Å². The number of methoxy groups -OCH3 is 1. The third-order valence-electron chi connectivity index (χ3n) is 2.62. The van der Waals surface area contributed by atoms with Gasteiger partial charge in [0.15, 0.2) is 0 Å². The number of nitrogens with zero attached hydrogens (tertiary/aromatic N) is 1. The van der Waals surface area contributed by atoms with Crippen LogP contribution in [0.2, 0.25) is 0 Å². The number of aliphatic hydroxyl groups excluding tert-OH is 1. The van der Waals surface area contributed by atoms with Gasteiger partial charge in [0.2, 0.25) is 0 Å². The van der Waals surface area contributed by atoms with E-state index in [1.54, 1.807) is 13.2 Å². The molecule has 0 rings (SSSR count). The molecule has 0 aromatic rings. The van der Waals surface area contributed by atoms with Crippen LogP contribution in [-0.4, -0.2) is 24.6 Å². The SMILES string of the molecule is C/C=C\C(CC(/C=C(\C)OC)N=CN)/C(O)=C\C.CC. The van der Waals surface area contributed by atoms with Crippen molar-refractivity contribution in [2.45, 2.75) is 47.1 Å². The molecule has 0 radical (unpaired) electrons. The van der Waals surface area contributed by atoms with Crippen LogP contribution in [0.15, 0.2) is 40.8 Å². The second kappa shape index (κ2) is 13.7. The fraction of sp³-hybridized carbons (Fsp3) is 0.562. The largest absolute Gasteiger partial charge is 0.512 e. The van der Waals surface area contributed by atoms with Gasteiger partial charge in [-0.3, -0.25) is 4.99 Å². The second-order valence-electron chi connectivity index (χ2n) is 3.93. The Bertz CT molecular complexity index is 344. The first kappa shape index (κ1) is 20.6. The van der Waals surface area contributed by atoms with Gasteiger partial charge in [-0.15, -0.1) is 0 Å². The molecule has 116 valence electrons. The first-order chi connectivity index (χ1) is 9.58. The van der Waals surface area contributed by atoms with Crippen molar-refractivity contribution in [1.29, 1.82) is 0 Å². The molecule has 2 atom stereocenters. The zero-order valence-corrected chi connectivity index (χ0v) is 13.6. The van der Waals surface area contributed by atoms with E-state index in [2.05, 4.69) is 4.99 Å². The van der Waals surface area contributed by atoms with Crippen molar-refractivity contribution in [3.63, 3.8) is 0 Å². The third kappa shape index (κ3) is 9.25. The van der Waals surface area contributed by atoms with E-state index < -0.39 is 0 Å². The van der Waals surface area contributed by atoms with Crippen LogP contribution in [0.4, 0.5) is 0 Å². The normalized spacial score (nSPS) is 15.9. The molecule has 0 saturated carbocycles. The van der Waals surface area contributed by atoms with E-state index in [1.165, 1.54) is 6.34 Å². The molecule has 0 heterocycles. The zero-order chi connectivity index (χ0) is 16.0. The summed E-state index contributed by atoms with van der Waals surface area (Å²) in [5, 5.41) is 9.83. The lowest BCUT2D eigenvalue weighted by atomic mass is 9.96. The van der Waals surface area contributed by atoms with Crippen molar-refractivity contribution in [2.24, 2.45) is 16.6 Å². The summed E-state index contributed by atoms with van der Waals surface area (Å²) in [6.45, 7) is 9.59. The molecule has 0 amide bonds. The standard InChI is InChI=1S/C14H24N2O2.C2H6/c1-5-7-12(14(17)6-2)9-13(16-10-15)8-11(3)18-4;1-2/h5-8,10,12-13,17H,9H2,1-4H3,(H2,15,16);1-2H3/b7-5-,11-8+,14-6+;. The molecule has 0 saturated heterocycles. The van der Waals surface area contributed by atoms with Gasteiger partial charge in [0.05, 0.1) is 31.0 Å². The first-order valence-corrected chi connectivity index (χ1v) is 7.02. The van der Waals surface area contributed by atoms with Crippen LogP contribution in [0.25, 0.3) is 0 Å². The Hall–Kier alpha value is -1.71. The molecular weight excluding hydrogens is 252 g/mol.